The molecule has 32 heavy (non-hydrogen) atoms. The second-order valence-electron chi connectivity index (χ2n) is 7.99. The van der Waals surface area contributed by atoms with Crippen molar-refractivity contribution in [2.75, 3.05) is 26.2 Å². The highest BCUT2D eigenvalue weighted by molar-refractivity contribution is 7.09. The lowest BCUT2D eigenvalue weighted by atomic mass is 10.2. The molecule has 1 aliphatic heterocycles. The topological polar surface area (TPSA) is 45.7 Å². The molecule has 0 aliphatic carbocycles. The Morgan fingerprint density at radius 3 is 2.62 bits per heavy atom. The predicted octanol–water partition coefficient (Wildman–Crippen LogP) is 4.78. The molecule has 166 valence electrons. The summed E-state index contributed by atoms with van der Waals surface area (Å²) in [6.45, 7) is 6.88. The molecule has 2 heterocycles. The lowest BCUT2D eigenvalue weighted by Crippen LogP contribution is -2.34. The van der Waals surface area contributed by atoms with Crippen LogP contribution in [0.4, 0.5) is 0 Å². The summed E-state index contributed by atoms with van der Waals surface area (Å²) in [7, 11) is 0. The summed E-state index contributed by atoms with van der Waals surface area (Å²) < 4.78 is 5.79. The second-order valence-corrected chi connectivity index (χ2v) is 9.05. The van der Waals surface area contributed by atoms with Gasteiger partial charge in [-0.3, -0.25) is 9.69 Å². The van der Waals surface area contributed by atoms with Crippen LogP contribution >= 0.6 is 11.3 Å². The average Bonchev–Trinajstić information content (AvgIpc) is 3.10. The Labute approximate surface area is 194 Å². The van der Waals surface area contributed by atoms with Crippen molar-refractivity contribution in [2.45, 2.75) is 26.5 Å². The fourth-order valence-electron chi connectivity index (χ4n) is 3.77. The number of carbonyl (C=O) groups is 1. The molecule has 0 atom stereocenters. The highest BCUT2D eigenvalue weighted by Gasteiger charge is 2.17. The number of nitrogens with zero attached hydrogens (tertiary/aromatic N) is 3. The van der Waals surface area contributed by atoms with Gasteiger partial charge in [0.15, 0.2) is 0 Å². The van der Waals surface area contributed by atoms with Gasteiger partial charge in [-0.15, -0.1) is 11.3 Å². The fraction of sp³-hybridized carbons (Fsp3) is 0.308. The van der Waals surface area contributed by atoms with Gasteiger partial charge in [0, 0.05) is 44.2 Å². The molecule has 0 N–H and O–H groups in total. The molecule has 1 saturated heterocycles. The van der Waals surface area contributed by atoms with E-state index in [1.807, 2.05) is 53.6 Å². The minimum absolute atomic E-state index is 0.0748. The van der Waals surface area contributed by atoms with Gasteiger partial charge in [0.05, 0.1) is 10.7 Å². The summed E-state index contributed by atoms with van der Waals surface area (Å²) in [5.41, 5.74) is 3.25. The zero-order valence-corrected chi connectivity index (χ0v) is 19.3. The molecule has 2 aromatic carbocycles. The van der Waals surface area contributed by atoms with E-state index in [4.69, 9.17) is 4.74 Å². The van der Waals surface area contributed by atoms with Gasteiger partial charge >= 0.3 is 0 Å². The largest absolute Gasteiger partial charge is 0.487 e. The van der Waals surface area contributed by atoms with Crippen LogP contribution in [0.2, 0.25) is 0 Å². The van der Waals surface area contributed by atoms with Crippen LogP contribution < -0.4 is 4.74 Å². The van der Waals surface area contributed by atoms with E-state index in [9.17, 15) is 4.79 Å². The number of benzene rings is 2. The van der Waals surface area contributed by atoms with Crippen LogP contribution in [0, 0.1) is 6.92 Å². The molecule has 1 aliphatic rings. The zero-order valence-electron chi connectivity index (χ0n) is 18.4. The molecular weight excluding hydrogens is 418 g/mol. The molecule has 0 saturated carbocycles. The third kappa shape index (κ3) is 6.52. The number of hydrogen-bond acceptors (Lipinski definition) is 5. The molecule has 1 fully saturated rings. The number of aromatic nitrogens is 1. The quantitative estimate of drug-likeness (QED) is 0.489. The van der Waals surface area contributed by atoms with E-state index >= 15 is 0 Å². The average molecular weight is 448 g/mol. The molecule has 0 bridgehead atoms. The van der Waals surface area contributed by atoms with Crippen molar-refractivity contribution < 1.29 is 9.53 Å². The number of ether oxygens (including phenoxy) is 1. The Morgan fingerprint density at radius 2 is 1.88 bits per heavy atom. The van der Waals surface area contributed by atoms with Gasteiger partial charge in [0.1, 0.15) is 12.4 Å². The maximum absolute atomic E-state index is 12.7. The molecule has 1 amide bonds. The predicted molar refractivity (Wildman–Crippen MR) is 130 cm³/mol. The Hall–Kier alpha value is -2.96. The summed E-state index contributed by atoms with van der Waals surface area (Å²) in [6.07, 6.45) is 4.56. The van der Waals surface area contributed by atoms with Crippen LogP contribution in [0.3, 0.4) is 0 Å². The van der Waals surface area contributed by atoms with Gasteiger partial charge in [-0.25, -0.2) is 4.98 Å². The maximum Gasteiger partial charge on any atom is 0.246 e. The molecule has 3 aromatic rings. The van der Waals surface area contributed by atoms with Crippen LogP contribution in [0.5, 0.6) is 5.75 Å². The van der Waals surface area contributed by atoms with E-state index in [2.05, 4.69) is 34.1 Å². The van der Waals surface area contributed by atoms with E-state index in [1.165, 1.54) is 5.56 Å². The number of aryl methyl sites for hydroxylation is 1. The van der Waals surface area contributed by atoms with Gasteiger partial charge in [-0.2, -0.15) is 0 Å². The van der Waals surface area contributed by atoms with Crippen LogP contribution in [-0.4, -0.2) is 46.9 Å². The Bertz CT molecular complexity index is 1030. The monoisotopic (exact) mass is 447 g/mol. The molecule has 6 heteroatoms. The van der Waals surface area contributed by atoms with Crippen molar-refractivity contribution in [1.29, 1.82) is 0 Å². The standard InChI is InChI=1S/C26H29N3O2S/c1-21-27-24(20-32-21)19-31-25-11-8-22(9-12-25)10-13-26(30)29-15-5-14-28(16-17-29)18-23-6-3-2-4-7-23/h2-4,6-13,20H,5,14-19H2,1H3/b13-10+. The molecule has 0 spiro atoms. The normalized spacial score (nSPS) is 15.1. The minimum atomic E-state index is 0.0748. The smallest absolute Gasteiger partial charge is 0.246 e. The molecule has 0 unspecified atom stereocenters. The fourth-order valence-corrected chi connectivity index (χ4v) is 4.37. The molecule has 1 aromatic heterocycles. The molecule has 0 radical (unpaired) electrons. The van der Waals surface area contributed by atoms with Crippen molar-refractivity contribution in [3.63, 3.8) is 0 Å². The van der Waals surface area contributed by atoms with Gasteiger partial charge in [-0.1, -0.05) is 42.5 Å². The van der Waals surface area contributed by atoms with E-state index in [0.29, 0.717) is 6.61 Å². The SMILES string of the molecule is Cc1nc(COc2ccc(/C=C/C(=O)N3CCCN(Cc4ccccc4)CC3)cc2)cs1. The van der Waals surface area contributed by atoms with Crippen LogP contribution in [0.25, 0.3) is 6.08 Å². The first-order chi connectivity index (χ1) is 15.7. The lowest BCUT2D eigenvalue weighted by molar-refractivity contribution is -0.125. The minimum Gasteiger partial charge on any atom is -0.487 e. The van der Waals surface area contributed by atoms with Crippen molar-refractivity contribution in [3.05, 3.63) is 87.9 Å². The lowest BCUT2D eigenvalue weighted by Gasteiger charge is -2.21. The summed E-state index contributed by atoms with van der Waals surface area (Å²) in [4.78, 5) is 21.5. The first-order valence-corrected chi connectivity index (χ1v) is 11.9. The van der Waals surface area contributed by atoms with E-state index in [-0.39, 0.29) is 5.91 Å². The van der Waals surface area contributed by atoms with Crippen LogP contribution in [0.1, 0.15) is 28.2 Å². The van der Waals surface area contributed by atoms with Gasteiger partial charge < -0.3 is 9.64 Å². The van der Waals surface area contributed by atoms with Crippen molar-refractivity contribution in [3.8, 4) is 5.75 Å². The zero-order chi connectivity index (χ0) is 22.2. The first kappa shape index (κ1) is 22.2. The number of thiazole rings is 1. The Kier molecular flexibility index (Phi) is 7.69. The third-order valence-electron chi connectivity index (χ3n) is 5.50. The maximum atomic E-state index is 12.7. The molecule has 5 nitrogen and oxygen atoms in total. The summed E-state index contributed by atoms with van der Waals surface area (Å²) >= 11 is 1.63. The van der Waals surface area contributed by atoms with Crippen LogP contribution in [0.15, 0.2) is 66.1 Å². The van der Waals surface area contributed by atoms with Crippen molar-refractivity contribution in [2.24, 2.45) is 0 Å². The highest BCUT2D eigenvalue weighted by atomic mass is 32.1. The molecule has 4 rings (SSSR count). The first-order valence-electron chi connectivity index (χ1n) is 11.0. The molecular formula is C26H29N3O2S. The third-order valence-corrected chi connectivity index (χ3v) is 6.32. The number of hydrogen-bond donors (Lipinski definition) is 0. The summed E-state index contributed by atoms with van der Waals surface area (Å²) in [5, 5.41) is 3.06. The van der Waals surface area contributed by atoms with Crippen molar-refractivity contribution in [1.82, 2.24) is 14.8 Å². The number of amides is 1. The van der Waals surface area contributed by atoms with E-state index in [0.717, 1.165) is 61.2 Å². The number of carbonyl (C=O) groups excluding carboxylic acids is 1. The van der Waals surface area contributed by atoms with Gasteiger partial charge in [-0.05, 0) is 42.7 Å². The van der Waals surface area contributed by atoms with E-state index in [1.54, 1.807) is 17.4 Å². The second kappa shape index (κ2) is 11.1. The summed E-state index contributed by atoms with van der Waals surface area (Å²) in [6, 6.07) is 18.3. The van der Waals surface area contributed by atoms with Gasteiger partial charge in [0.2, 0.25) is 5.91 Å². The van der Waals surface area contributed by atoms with Crippen molar-refractivity contribution >= 4 is 23.3 Å². The Morgan fingerprint density at radius 1 is 1.06 bits per heavy atom. The number of rotatable bonds is 7. The summed E-state index contributed by atoms with van der Waals surface area (Å²) in [5.74, 6) is 0.871. The Balaban J connectivity index is 1.25. The highest BCUT2D eigenvalue weighted by Crippen LogP contribution is 2.16. The van der Waals surface area contributed by atoms with Gasteiger partial charge in [0.25, 0.3) is 0 Å². The van der Waals surface area contributed by atoms with Crippen LogP contribution in [-0.2, 0) is 17.9 Å². The van der Waals surface area contributed by atoms with E-state index < -0.39 is 0 Å².